The fraction of sp³-hybridized carbons (Fsp3) is 0.625. The van der Waals surface area contributed by atoms with Crippen molar-refractivity contribution >= 4 is 0 Å². The van der Waals surface area contributed by atoms with Gasteiger partial charge in [0.2, 0.25) is 0 Å². The maximum absolute atomic E-state index is 2.34. The molecule has 2 rings (SSSR count). The highest BCUT2D eigenvalue weighted by Crippen LogP contribution is 2.33. The summed E-state index contributed by atoms with van der Waals surface area (Å²) < 4.78 is 0. The predicted molar refractivity (Wildman–Crippen MR) is 70.7 cm³/mol. The molecule has 1 aromatic carbocycles. The second-order valence-corrected chi connectivity index (χ2v) is 5.26. The van der Waals surface area contributed by atoms with E-state index in [1.165, 1.54) is 62.5 Å². The Morgan fingerprint density at radius 2 is 1.56 bits per heavy atom. The third kappa shape index (κ3) is 4.00. The molecule has 0 aromatic heterocycles. The Hall–Kier alpha value is -0.780. The molecule has 0 saturated heterocycles. The molecule has 16 heavy (non-hydrogen) atoms. The zero-order valence-corrected chi connectivity index (χ0v) is 10.5. The van der Waals surface area contributed by atoms with Crippen LogP contribution in [0.3, 0.4) is 0 Å². The van der Waals surface area contributed by atoms with Gasteiger partial charge in [-0.3, -0.25) is 0 Å². The van der Waals surface area contributed by atoms with E-state index in [0.29, 0.717) is 0 Å². The van der Waals surface area contributed by atoms with Crippen molar-refractivity contribution in [3.63, 3.8) is 0 Å². The number of aryl methyl sites for hydroxylation is 2. The molecular weight excluding hydrogens is 192 g/mol. The van der Waals surface area contributed by atoms with Crippen LogP contribution in [0.4, 0.5) is 0 Å². The second kappa shape index (κ2) is 6.08. The summed E-state index contributed by atoms with van der Waals surface area (Å²) in [6, 6.07) is 9.34. The van der Waals surface area contributed by atoms with Crippen LogP contribution in [0.2, 0.25) is 0 Å². The van der Waals surface area contributed by atoms with Gasteiger partial charge < -0.3 is 0 Å². The van der Waals surface area contributed by atoms with E-state index in [1.54, 1.807) is 0 Å². The van der Waals surface area contributed by atoms with Gasteiger partial charge in [-0.2, -0.15) is 0 Å². The fourth-order valence-corrected chi connectivity index (χ4v) is 2.23. The highest BCUT2D eigenvalue weighted by atomic mass is 14.3. The maximum Gasteiger partial charge on any atom is -0.0276 e. The SMILES string of the molecule is CCCCCc1ccc(CCC2CC2)cc1. The minimum atomic E-state index is 1.06. The van der Waals surface area contributed by atoms with Crippen LogP contribution in [0.25, 0.3) is 0 Å². The van der Waals surface area contributed by atoms with Gasteiger partial charge in [-0.15, -0.1) is 0 Å². The molecule has 0 spiro atoms. The van der Waals surface area contributed by atoms with E-state index in [9.17, 15) is 0 Å². The Bertz CT molecular complexity index is 292. The first kappa shape index (κ1) is 11.7. The van der Waals surface area contributed by atoms with Crippen LogP contribution in [-0.4, -0.2) is 0 Å². The summed E-state index contributed by atoms with van der Waals surface area (Å²) >= 11 is 0. The molecule has 1 fully saturated rings. The topological polar surface area (TPSA) is 0 Å². The predicted octanol–water partition coefficient (Wildman–Crippen LogP) is 4.76. The van der Waals surface area contributed by atoms with Gasteiger partial charge >= 0.3 is 0 Å². The quantitative estimate of drug-likeness (QED) is 0.576. The minimum Gasteiger partial charge on any atom is -0.0654 e. The van der Waals surface area contributed by atoms with E-state index >= 15 is 0 Å². The lowest BCUT2D eigenvalue weighted by molar-refractivity contribution is 0.714. The Morgan fingerprint density at radius 3 is 2.12 bits per heavy atom. The van der Waals surface area contributed by atoms with Crippen molar-refractivity contribution < 1.29 is 0 Å². The molecule has 0 heteroatoms. The number of hydrogen-bond donors (Lipinski definition) is 0. The molecule has 1 aliphatic rings. The van der Waals surface area contributed by atoms with Gasteiger partial charge in [-0.1, -0.05) is 56.9 Å². The Balaban J connectivity index is 1.74. The zero-order chi connectivity index (χ0) is 11.2. The Labute approximate surface area is 100 Å². The molecular formula is C16H24. The molecule has 88 valence electrons. The molecule has 0 atom stereocenters. The first-order valence-electron chi connectivity index (χ1n) is 6.96. The van der Waals surface area contributed by atoms with Gasteiger partial charge in [0, 0.05) is 0 Å². The minimum absolute atomic E-state index is 1.06. The van der Waals surface area contributed by atoms with E-state index in [-0.39, 0.29) is 0 Å². The maximum atomic E-state index is 2.34. The van der Waals surface area contributed by atoms with Crippen LogP contribution in [0.15, 0.2) is 24.3 Å². The molecule has 0 heterocycles. The first-order valence-corrected chi connectivity index (χ1v) is 6.96. The lowest BCUT2D eigenvalue weighted by Crippen LogP contribution is -1.89. The van der Waals surface area contributed by atoms with Crippen molar-refractivity contribution in [3.05, 3.63) is 35.4 Å². The van der Waals surface area contributed by atoms with Crippen LogP contribution in [0, 0.1) is 5.92 Å². The smallest absolute Gasteiger partial charge is 0.0276 e. The largest absolute Gasteiger partial charge is 0.0654 e. The van der Waals surface area contributed by atoms with E-state index < -0.39 is 0 Å². The first-order chi connectivity index (χ1) is 7.88. The van der Waals surface area contributed by atoms with Crippen LogP contribution < -0.4 is 0 Å². The van der Waals surface area contributed by atoms with Crippen LogP contribution >= 0.6 is 0 Å². The van der Waals surface area contributed by atoms with Crippen molar-refractivity contribution in [2.75, 3.05) is 0 Å². The molecule has 0 radical (unpaired) electrons. The standard InChI is InChI=1S/C16H24/c1-2-3-4-5-14-6-8-15(9-7-14)10-11-16-12-13-16/h6-9,16H,2-5,10-13H2,1H3. The van der Waals surface area contributed by atoms with Crippen LogP contribution in [-0.2, 0) is 12.8 Å². The van der Waals surface area contributed by atoms with Crippen molar-refractivity contribution in [2.45, 2.75) is 58.3 Å². The summed E-state index contributed by atoms with van der Waals surface area (Å²) in [5.74, 6) is 1.06. The van der Waals surface area contributed by atoms with Gasteiger partial charge in [-0.25, -0.2) is 0 Å². The van der Waals surface area contributed by atoms with Crippen LogP contribution in [0.5, 0.6) is 0 Å². The second-order valence-electron chi connectivity index (χ2n) is 5.26. The Morgan fingerprint density at radius 1 is 0.938 bits per heavy atom. The third-order valence-corrected chi connectivity index (χ3v) is 3.63. The molecule has 1 aromatic rings. The molecule has 0 unspecified atom stereocenters. The van der Waals surface area contributed by atoms with E-state index in [4.69, 9.17) is 0 Å². The normalized spacial score (nSPS) is 15.3. The van der Waals surface area contributed by atoms with Gasteiger partial charge in [0.05, 0.1) is 0 Å². The summed E-state index contributed by atoms with van der Waals surface area (Å²) in [6.07, 6.45) is 11.0. The molecule has 0 N–H and O–H groups in total. The van der Waals surface area contributed by atoms with E-state index in [0.717, 1.165) is 5.92 Å². The van der Waals surface area contributed by atoms with Gasteiger partial charge in [0.1, 0.15) is 0 Å². The van der Waals surface area contributed by atoms with Crippen molar-refractivity contribution in [1.82, 2.24) is 0 Å². The molecule has 0 aliphatic heterocycles. The number of hydrogen-bond acceptors (Lipinski definition) is 0. The van der Waals surface area contributed by atoms with Gasteiger partial charge in [0.15, 0.2) is 0 Å². The molecule has 0 amide bonds. The zero-order valence-electron chi connectivity index (χ0n) is 10.5. The van der Waals surface area contributed by atoms with Gasteiger partial charge in [-0.05, 0) is 42.7 Å². The molecule has 0 nitrogen and oxygen atoms in total. The lowest BCUT2D eigenvalue weighted by Gasteiger charge is -2.03. The molecule has 0 bridgehead atoms. The van der Waals surface area contributed by atoms with Gasteiger partial charge in [0.25, 0.3) is 0 Å². The Kier molecular flexibility index (Phi) is 4.44. The molecule has 1 aliphatic carbocycles. The van der Waals surface area contributed by atoms with E-state index in [2.05, 4.69) is 31.2 Å². The number of benzene rings is 1. The summed E-state index contributed by atoms with van der Waals surface area (Å²) in [5.41, 5.74) is 3.05. The molecule has 1 saturated carbocycles. The summed E-state index contributed by atoms with van der Waals surface area (Å²) in [7, 11) is 0. The highest BCUT2D eigenvalue weighted by Gasteiger charge is 2.20. The summed E-state index contributed by atoms with van der Waals surface area (Å²) in [5, 5.41) is 0. The average molecular weight is 216 g/mol. The fourth-order valence-electron chi connectivity index (χ4n) is 2.23. The lowest BCUT2D eigenvalue weighted by atomic mass is 10.0. The summed E-state index contributed by atoms with van der Waals surface area (Å²) in [4.78, 5) is 0. The van der Waals surface area contributed by atoms with Crippen molar-refractivity contribution in [1.29, 1.82) is 0 Å². The monoisotopic (exact) mass is 216 g/mol. The average Bonchev–Trinajstić information content (AvgIpc) is 3.12. The van der Waals surface area contributed by atoms with Crippen molar-refractivity contribution in [3.8, 4) is 0 Å². The third-order valence-electron chi connectivity index (χ3n) is 3.63. The number of rotatable bonds is 7. The number of unbranched alkanes of at least 4 members (excludes halogenated alkanes) is 2. The highest BCUT2D eigenvalue weighted by molar-refractivity contribution is 5.22. The van der Waals surface area contributed by atoms with Crippen LogP contribution in [0.1, 0.15) is 56.6 Å². The van der Waals surface area contributed by atoms with E-state index in [1.807, 2.05) is 0 Å². The summed E-state index contributed by atoms with van der Waals surface area (Å²) in [6.45, 7) is 2.26. The van der Waals surface area contributed by atoms with Crippen molar-refractivity contribution in [2.24, 2.45) is 5.92 Å².